The van der Waals surface area contributed by atoms with Gasteiger partial charge in [-0.05, 0) is 48.1 Å². The molecule has 0 aliphatic heterocycles. The first-order valence-corrected chi connectivity index (χ1v) is 15.6. The summed E-state index contributed by atoms with van der Waals surface area (Å²) < 4.78 is 1.90. The lowest BCUT2D eigenvalue weighted by atomic mass is 9.99. The van der Waals surface area contributed by atoms with E-state index in [0.717, 1.165) is 35.4 Å². The Kier molecular flexibility index (Phi) is 12.2. The highest BCUT2D eigenvalue weighted by molar-refractivity contribution is 7.80. The Bertz CT molecular complexity index is 1510. The zero-order valence-corrected chi connectivity index (χ0v) is 25.9. The monoisotopic (exact) mass is 612 g/mol. The molecular weight excluding hydrogens is 572 g/mol. The highest BCUT2D eigenvalue weighted by Gasteiger charge is 2.23. The van der Waals surface area contributed by atoms with Gasteiger partial charge < -0.3 is 20.3 Å². The van der Waals surface area contributed by atoms with Gasteiger partial charge >= 0.3 is 5.97 Å². The summed E-state index contributed by atoms with van der Waals surface area (Å²) in [5.41, 5.74) is 3.60. The zero-order valence-electron chi connectivity index (χ0n) is 25.0. The van der Waals surface area contributed by atoms with Crippen LogP contribution < -0.4 is 10.6 Å². The molecule has 1 heterocycles. The molecule has 3 N–H and O–H groups in total. The SMILES string of the molecule is CCCCc1ncc(C(=O)N[C@H](CNC(=O)C(CS)Cc2ccccc2)Cc2ccccc2)n1Cc1ccc(C(=O)O)cc1. The number of carboxylic acid groups (broad SMARTS) is 1. The van der Waals surface area contributed by atoms with Crippen LogP contribution in [0.3, 0.4) is 0 Å². The lowest BCUT2D eigenvalue weighted by Crippen LogP contribution is -2.47. The summed E-state index contributed by atoms with van der Waals surface area (Å²) in [5, 5.41) is 15.5. The van der Waals surface area contributed by atoms with Gasteiger partial charge in [0.1, 0.15) is 11.5 Å². The van der Waals surface area contributed by atoms with Crippen LogP contribution in [0.5, 0.6) is 0 Å². The van der Waals surface area contributed by atoms with Crippen LogP contribution in [0.2, 0.25) is 0 Å². The van der Waals surface area contributed by atoms with Crippen molar-refractivity contribution in [2.24, 2.45) is 5.92 Å². The molecule has 0 bridgehead atoms. The molecule has 1 aromatic heterocycles. The summed E-state index contributed by atoms with van der Waals surface area (Å²) in [4.78, 5) is 42.9. The highest BCUT2D eigenvalue weighted by atomic mass is 32.1. The maximum atomic E-state index is 13.8. The smallest absolute Gasteiger partial charge is 0.335 e. The Balaban J connectivity index is 1.52. The van der Waals surface area contributed by atoms with Crippen molar-refractivity contribution in [3.63, 3.8) is 0 Å². The summed E-state index contributed by atoms with van der Waals surface area (Å²) >= 11 is 4.44. The molecule has 44 heavy (non-hydrogen) atoms. The van der Waals surface area contributed by atoms with Gasteiger partial charge in [-0.15, -0.1) is 0 Å². The van der Waals surface area contributed by atoms with Crippen LogP contribution in [0.25, 0.3) is 0 Å². The van der Waals surface area contributed by atoms with Gasteiger partial charge in [-0.1, -0.05) is 86.1 Å². The number of carbonyl (C=O) groups is 3. The fourth-order valence-electron chi connectivity index (χ4n) is 5.08. The number of thiol groups is 1. The van der Waals surface area contributed by atoms with E-state index in [1.165, 1.54) is 0 Å². The standard InChI is InChI=1S/C35H40N4O4S/c1-2-3-14-32-36-22-31(39(32)23-27-15-17-28(18-16-27)35(42)43)34(41)38-30(20-26-12-8-5-9-13-26)21-37-33(40)29(24-44)19-25-10-6-4-7-11-25/h4-13,15-18,22,29-30,44H,2-3,14,19-21,23-24H2,1H3,(H,37,40)(H,38,41)(H,42,43)/t29?,30-/m0/s1. The first-order chi connectivity index (χ1) is 21.4. The molecule has 0 saturated heterocycles. The first kappa shape index (κ1) is 32.5. The largest absolute Gasteiger partial charge is 0.478 e. The Hall–Kier alpha value is -4.37. The number of unbranched alkanes of at least 4 members (excludes halogenated alkanes) is 1. The predicted molar refractivity (Wildman–Crippen MR) is 175 cm³/mol. The molecule has 2 atom stereocenters. The molecule has 0 aliphatic rings. The number of aromatic carboxylic acids is 1. The molecule has 3 aromatic carbocycles. The number of imidazole rings is 1. The molecule has 0 spiro atoms. The minimum atomic E-state index is -0.986. The first-order valence-electron chi connectivity index (χ1n) is 15.0. The van der Waals surface area contributed by atoms with Crippen LogP contribution in [-0.4, -0.2) is 50.8 Å². The number of carbonyl (C=O) groups excluding carboxylic acids is 2. The highest BCUT2D eigenvalue weighted by Crippen LogP contribution is 2.15. The van der Waals surface area contributed by atoms with Crippen molar-refractivity contribution < 1.29 is 19.5 Å². The molecule has 4 rings (SSSR count). The third kappa shape index (κ3) is 9.31. The fraction of sp³-hybridized carbons (Fsp3) is 0.314. The molecule has 0 fully saturated rings. The second-order valence-corrected chi connectivity index (χ2v) is 11.3. The topological polar surface area (TPSA) is 113 Å². The molecule has 4 aromatic rings. The number of nitrogens with one attached hydrogen (secondary N) is 2. The number of aromatic nitrogens is 2. The molecule has 1 unspecified atom stereocenters. The van der Waals surface area contributed by atoms with Gasteiger partial charge in [-0.2, -0.15) is 12.6 Å². The second-order valence-electron chi connectivity index (χ2n) is 10.9. The Morgan fingerprint density at radius 1 is 0.886 bits per heavy atom. The Morgan fingerprint density at radius 3 is 2.11 bits per heavy atom. The van der Waals surface area contributed by atoms with Crippen molar-refractivity contribution in [1.29, 1.82) is 0 Å². The van der Waals surface area contributed by atoms with E-state index in [0.29, 0.717) is 37.3 Å². The zero-order chi connectivity index (χ0) is 31.3. The Labute approximate surface area is 264 Å². The number of rotatable bonds is 16. The van der Waals surface area contributed by atoms with E-state index in [-0.39, 0.29) is 35.9 Å². The minimum Gasteiger partial charge on any atom is -0.478 e. The average Bonchev–Trinajstić information content (AvgIpc) is 3.44. The molecule has 0 radical (unpaired) electrons. The summed E-state index contributed by atoms with van der Waals surface area (Å²) in [6.45, 7) is 2.74. The van der Waals surface area contributed by atoms with Crippen LogP contribution in [0.15, 0.2) is 91.1 Å². The van der Waals surface area contributed by atoms with E-state index < -0.39 is 5.97 Å². The number of hydrogen-bond acceptors (Lipinski definition) is 5. The maximum Gasteiger partial charge on any atom is 0.335 e. The van der Waals surface area contributed by atoms with Gasteiger partial charge in [0.2, 0.25) is 5.91 Å². The van der Waals surface area contributed by atoms with E-state index in [4.69, 9.17) is 0 Å². The van der Waals surface area contributed by atoms with Crippen molar-refractivity contribution in [3.05, 3.63) is 125 Å². The molecule has 0 saturated carbocycles. The number of benzene rings is 3. The van der Waals surface area contributed by atoms with Crippen LogP contribution in [0, 0.1) is 5.92 Å². The summed E-state index contributed by atoms with van der Waals surface area (Å²) in [6, 6.07) is 26.0. The van der Waals surface area contributed by atoms with E-state index in [1.54, 1.807) is 30.5 Å². The number of amides is 2. The maximum absolute atomic E-state index is 13.8. The van der Waals surface area contributed by atoms with Crippen LogP contribution in [0.1, 0.15) is 63.1 Å². The molecule has 230 valence electrons. The summed E-state index contributed by atoms with van der Waals surface area (Å²) in [7, 11) is 0. The van der Waals surface area contributed by atoms with Crippen molar-refractivity contribution in [1.82, 2.24) is 20.2 Å². The summed E-state index contributed by atoms with van der Waals surface area (Å²) in [5.74, 6) is -0.474. The van der Waals surface area contributed by atoms with Crippen molar-refractivity contribution in [3.8, 4) is 0 Å². The van der Waals surface area contributed by atoms with Crippen molar-refractivity contribution in [2.75, 3.05) is 12.3 Å². The van der Waals surface area contributed by atoms with Crippen LogP contribution >= 0.6 is 12.6 Å². The van der Waals surface area contributed by atoms with Gasteiger partial charge in [0.25, 0.3) is 5.91 Å². The molecule has 0 aliphatic carbocycles. The van der Waals surface area contributed by atoms with Crippen molar-refractivity contribution >= 4 is 30.4 Å². The second kappa shape index (κ2) is 16.5. The number of nitrogens with zero attached hydrogens (tertiary/aromatic N) is 2. The fourth-order valence-corrected chi connectivity index (χ4v) is 5.38. The molecular formula is C35H40N4O4S. The van der Waals surface area contributed by atoms with Gasteiger partial charge in [0, 0.05) is 25.3 Å². The molecule has 9 heteroatoms. The van der Waals surface area contributed by atoms with Crippen molar-refractivity contribution in [2.45, 2.75) is 51.6 Å². The lowest BCUT2D eigenvalue weighted by molar-refractivity contribution is -0.124. The van der Waals surface area contributed by atoms with Crippen LogP contribution in [0.4, 0.5) is 0 Å². The van der Waals surface area contributed by atoms with Crippen LogP contribution in [-0.2, 0) is 30.6 Å². The average molecular weight is 613 g/mol. The third-order valence-electron chi connectivity index (χ3n) is 7.57. The van der Waals surface area contributed by atoms with E-state index in [9.17, 15) is 19.5 Å². The van der Waals surface area contributed by atoms with Gasteiger partial charge in [-0.25, -0.2) is 9.78 Å². The number of aryl methyl sites for hydroxylation is 1. The Morgan fingerprint density at radius 2 is 1.52 bits per heavy atom. The normalized spacial score (nSPS) is 12.3. The van der Waals surface area contributed by atoms with E-state index >= 15 is 0 Å². The quantitative estimate of drug-likeness (QED) is 0.130. The third-order valence-corrected chi connectivity index (χ3v) is 8.01. The minimum absolute atomic E-state index is 0.104. The van der Waals surface area contributed by atoms with E-state index in [2.05, 4.69) is 35.2 Å². The van der Waals surface area contributed by atoms with Gasteiger partial charge in [0.15, 0.2) is 0 Å². The van der Waals surface area contributed by atoms with E-state index in [1.807, 2.05) is 65.2 Å². The molecule has 8 nitrogen and oxygen atoms in total. The predicted octanol–water partition coefficient (Wildman–Crippen LogP) is 5.22. The number of hydrogen-bond donors (Lipinski definition) is 4. The molecule has 2 amide bonds. The van der Waals surface area contributed by atoms with Gasteiger partial charge in [-0.3, -0.25) is 9.59 Å². The lowest BCUT2D eigenvalue weighted by Gasteiger charge is -2.22. The number of carboxylic acids is 1. The van der Waals surface area contributed by atoms with Gasteiger partial charge in [0.05, 0.1) is 23.7 Å². The summed E-state index contributed by atoms with van der Waals surface area (Å²) in [6.07, 6.45) is 5.34.